The molecule has 1 aromatic carbocycles. The van der Waals surface area contributed by atoms with Crippen LogP contribution in [-0.4, -0.2) is 48.9 Å². The largest absolute Gasteiger partial charge is 0.459 e. The molecule has 2 amide bonds. The van der Waals surface area contributed by atoms with E-state index in [1.807, 2.05) is 19.9 Å². The number of amides is 2. The van der Waals surface area contributed by atoms with Gasteiger partial charge in [-0.1, -0.05) is 44.2 Å². The van der Waals surface area contributed by atoms with Crippen molar-refractivity contribution in [2.75, 3.05) is 6.61 Å². The van der Waals surface area contributed by atoms with Gasteiger partial charge in [0, 0.05) is 0 Å². The van der Waals surface area contributed by atoms with Crippen LogP contribution in [0.25, 0.3) is 0 Å². The first-order valence-electron chi connectivity index (χ1n) is 10.3. The van der Waals surface area contributed by atoms with Crippen LogP contribution in [-0.2, 0) is 30.4 Å². The van der Waals surface area contributed by atoms with Gasteiger partial charge in [-0.2, -0.15) is 8.78 Å². The van der Waals surface area contributed by atoms with Gasteiger partial charge in [0.25, 0.3) is 0 Å². The Balaban J connectivity index is 2.85. The Bertz CT molecular complexity index is 738. The maximum Gasteiger partial charge on any atom is 0.408 e. The third-order valence-electron chi connectivity index (χ3n) is 3.93. The van der Waals surface area contributed by atoms with Crippen LogP contribution in [0.15, 0.2) is 30.3 Å². The summed E-state index contributed by atoms with van der Waals surface area (Å²) in [5, 5.41) is 4.67. The molecule has 2 atom stereocenters. The summed E-state index contributed by atoms with van der Waals surface area (Å²) < 4.78 is 39.6. The molecule has 0 aromatic heterocycles. The summed E-state index contributed by atoms with van der Waals surface area (Å²) in [5.41, 5.74) is -0.0962. The van der Waals surface area contributed by atoms with Crippen molar-refractivity contribution in [1.29, 1.82) is 0 Å². The Morgan fingerprint density at radius 2 is 1.62 bits per heavy atom. The van der Waals surface area contributed by atoms with Crippen LogP contribution >= 0.6 is 0 Å². The number of rotatable bonds is 11. The van der Waals surface area contributed by atoms with Gasteiger partial charge in [0.2, 0.25) is 5.91 Å². The molecule has 0 unspecified atom stereocenters. The zero-order valence-corrected chi connectivity index (χ0v) is 19.0. The molecule has 0 spiro atoms. The summed E-state index contributed by atoms with van der Waals surface area (Å²) in [6.45, 7) is 4.58. The lowest BCUT2D eigenvalue weighted by molar-refractivity contribution is -0.152. The van der Waals surface area contributed by atoms with Crippen molar-refractivity contribution in [3.63, 3.8) is 0 Å². The molecule has 32 heavy (non-hydrogen) atoms. The minimum absolute atomic E-state index is 0.0121. The van der Waals surface area contributed by atoms with Gasteiger partial charge in [0.15, 0.2) is 0 Å². The Hall–Kier alpha value is -2.75. The smallest absolute Gasteiger partial charge is 0.408 e. The van der Waals surface area contributed by atoms with Crippen molar-refractivity contribution >= 4 is 18.0 Å². The molecular formula is C22H32F2N2O6. The Labute approximate surface area is 187 Å². The Morgan fingerprint density at radius 3 is 2.16 bits per heavy atom. The lowest BCUT2D eigenvalue weighted by Gasteiger charge is -2.25. The minimum Gasteiger partial charge on any atom is -0.459 e. The zero-order valence-electron chi connectivity index (χ0n) is 19.0. The van der Waals surface area contributed by atoms with E-state index in [4.69, 9.17) is 9.47 Å². The maximum absolute atomic E-state index is 12.7. The Morgan fingerprint density at radius 1 is 1.00 bits per heavy atom. The second kappa shape index (κ2) is 12.9. The van der Waals surface area contributed by atoms with Gasteiger partial charge < -0.3 is 24.8 Å². The molecule has 0 saturated heterocycles. The molecule has 0 bridgehead atoms. The van der Waals surface area contributed by atoms with Crippen LogP contribution in [0.5, 0.6) is 0 Å². The van der Waals surface area contributed by atoms with E-state index in [0.29, 0.717) is 0 Å². The van der Waals surface area contributed by atoms with Crippen LogP contribution in [0.2, 0.25) is 0 Å². The van der Waals surface area contributed by atoms with Crippen molar-refractivity contribution < 1.29 is 37.4 Å². The van der Waals surface area contributed by atoms with E-state index in [2.05, 4.69) is 15.4 Å². The summed E-state index contributed by atoms with van der Waals surface area (Å²) in [6.07, 6.45) is -0.739. The van der Waals surface area contributed by atoms with Crippen LogP contribution < -0.4 is 10.6 Å². The third-order valence-corrected chi connectivity index (χ3v) is 3.93. The molecule has 8 nitrogen and oxygen atoms in total. The fraction of sp³-hybridized carbons (Fsp3) is 0.591. The van der Waals surface area contributed by atoms with Crippen LogP contribution in [0.1, 0.15) is 46.6 Å². The lowest BCUT2D eigenvalue weighted by Crippen LogP contribution is -2.54. The van der Waals surface area contributed by atoms with E-state index in [9.17, 15) is 23.2 Å². The first kappa shape index (κ1) is 27.3. The number of ether oxygens (including phenoxy) is 3. The van der Waals surface area contributed by atoms with Crippen molar-refractivity contribution in [1.82, 2.24) is 10.6 Å². The highest BCUT2D eigenvalue weighted by molar-refractivity contribution is 5.89. The molecule has 0 saturated carbocycles. The number of hydrogen-bond acceptors (Lipinski definition) is 6. The van der Waals surface area contributed by atoms with Gasteiger partial charge in [-0.05, 0) is 38.7 Å². The topological polar surface area (TPSA) is 103 Å². The molecule has 0 fully saturated rings. The summed E-state index contributed by atoms with van der Waals surface area (Å²) in [7, 11) is 0. The number of hydrogen-bond donors (Lipinski definition) is 2. The highest BCUT2D eigenvalue weighted by Crippen LogP contribution is 2.11. The third kappa shape index (κ3) is 11.6. The highest BCUT2D eigenvalue weighted by Gasteiger charge is 2.30. The van der Waals surface area contributed by atoms with Gasteiger partial charge in [-0.3, -0.25) is 4.79 Å². The van der Waals surface area contributed by atoms with Crippen LogP contribution in [0.3, 0.4) is 0 Å². The van der Waals surface area contributed by atoms with Crippen LogP contribution in [0, 0.1) is 5.92 Å². The number of carbonyl (C=O) groups is 3. The summed E-state index contributed by atoms with van der Waals surface area (Å²) in [6, 6.07) is 6.44. The molecule has 0 radical (unpaired) electrons. The predicted molar refractivity (Wildman–Crippen MR) is 113 cm³/mol. The summed E-state index contributed by atoms with van der Waals surface area (Å²) >= 11 is 0. The molecular weight excluding hydrogens is 426 g/mol. The lowest BCUT2D eigenvalue weighted by atomic mass is 10.0. The SMILES string of the molecule is CC(C)C[C@H](NC(=O)[C@H](COC(F)F)NC(=O)OC(C)(C)C)C(=O)OCc1ccccc1. The molecule has 0 aliphatic carbocycles. The number of benzene rings is 1. The summed E-state index contributed by atoms with van der Waals surface area (Å²) in [4.78, 5) is 37.3. The monoisotopic (exact) mass is 458 g/mol. The molecule has 0 aliphatic heterocycles. The van der Waals surface area contributed by atoms with E-state index in [1.165, 1.54) is 0 Å². The second-order valence-electron chi connectivity index (χ2n) is 8.58. The number of alkyl carbamates (subject to hydrolysis) is 1. The predicted octanol–water partition coefficient (Wildman–Crippen LogP) is 3.39. The fourth-order valence-corrected chi connectivity index (χ4v) is 2.59. The molecule has 180 valence electrons. The average molecular weight is 459 g/mol. The van der Waals surface area contributed by atoms with Crippen molar-refractivity contribution in [2.24, 2.45) is 5.92 Å². The van der Waals surface area contributed by atoms with E-state index in [1.54, 1.807) is 45.0 Å². The molecule has 0 heterocycles. The molecule has 10 heteroatoms. The van der Waals surface area contributed by atoms with Gasteiger partial charge in [0.05, 0.1) is 6.61 Å². The highest BCUT2D eigenvalue weighted by atomic mass is 19.3. The molecule has 1 aromatic rings. The number of nitrogens with one attached hydrogen (secondary N) is 2. The molecule has 1 rings (SSSR count). The van der Waals surface area contributed by atoms with Crippen LogP contribution in [0.4, 0.5) is 13.6 Å². The quantitative estimate of drug-likeness (QED) is 0.493. The minimum atomic E-state index is -3.15. The zero-order chi connectivity index (χ0) is 24.3. The maximum atomic E-state index is 12.7. The van der Waals surface area contributed by atoms with E-state index >= 15 is 0 Å². The number of alkyl halides is 2. The summed E-state index contributed by atoms with van der Waals surface area (Å²) in [5.74, 6) is -1.54. The number of esters is 1. The van der Waals surface area contributed by atoms with Crippen molar-refractivity contribution in [3.8, 4) is 0 Å². The van der Waals surface area contributed by atoms with Gasteiger partial charge in [-0.15, -0.1) is 0 Å². The van der Waals surface area contributed by atoms with Crippen molar-refractivity contribution in [3.05, 3.63) is 35.9 Å². The van der Waals surface area contributed by atoms with Gasteiger partial charge in [0.1, 0.15) is 24.3 Å². The van der Waals surface area contributed by atoms with E-state index < -0.39 is 48.9 Å². The molecule has 2 N–H and O–H groups in total. The average Bonchev–Trinajstić information content (AvgIpc) is 2.67. The fourth-order valence-electron chi connectivity index (χ4n) is 2.59. The van der Waals surface area contributed by atoms with E-state index in [-0.39, 0.29) is 18.9 Å². The van der Waals surface area contributed by atoms with E-state index in [0.717, 1.165) is 5.56 Å². The normalized spacial score (nSPS) is 13.4. The van der Waals surface area contributed by atoms with Gasteiger partial charge in [-0.25, -0.2) is 9.59 Å². The molecule has 0 aliphatic rings. The first-order chi connectivity index (χ1) is 14.9. The van der Waals surface area contributed by atoms with Crippen molar-refractivity contribution in [2.45, 2.75) is 71.9 Å². The Kier molecular flexibility index (Phi) is 11.0. The number of halogens is 2. The standard InChI is InChI=1S/C22H32F2N2O6/c1-14(2)11-16(19(28)30-12-15-9-7-6-8-10-15)25-18(27)17(13-31-20(23)24)26-21(29)32-22(3,4)5/h6-10,14,16-17,20H,11-13H2,1-5H3,(H,25,27)(H,26,29)/t16-,17-/m0/s1. The second-order valence-corrected chi connectivity index (χ2v) is 8.58. The number of carbonyl (C=O) groups excluding carboxylic acids is 3. The first-order valence-corrected chi connectivity index (χ1v) is 10.3. The van der Waals surface area contributed by atoms with Gasteiger partial charge >= 0.3 is 18.7 Å².